The van der Waals surface area contributed by atoms with Gasteiger partial charge in [-0.25, -0.2) is 8.42 Å². The average molecular weight is 477 g/mol. The van der Waals surface area contributed by atoms with E-state index in [0.717, 1.165) is 15.4 Å². The van der Waals surface area contributed by atoms with Crippen molar-refractivity contribution in [1.29, 1.82) is 0 Å². The zero-order chi connectivity index (χ0) is 22.4. The Morgan fingerprint density at radius 2 is 1.58 bits per heavy atom. The first-order chi connectivity index (χ1) is 14.7. The second kappa shape index (κ2) is 10.3. The summed E-state index contributed by atoms with van der Waals surface area (Å²) < 4.78 is 27.6. The van der Waals surface area contributed by atoms with E-state index in [2.05, 4.69) is 5.32 Å². The highest BCUT2D eigenvalue weighted by molar-refractivity contribution is 7.89. The molecular weight excluding hydrogens is 455 g/mol. The lowest BCUT2D eigenvalue weighted by molar-refractivity contribution is -0.121. The highest BCUT2D eigenvalue weighted by Crippen LogP contribution is 2.21. The molecule has 5 nitrogen and oxygen atoms in total. The van der Waals surface area contributed by atoms with Crippen LogP contribution in [-0.4, -0.2) is 25.2 Å². The average Bonchev–Trinajstić information content (AvgIpc) is 2.73. The lowest BCUT2D eigenvalue weighted by atomic mass is 10.1. The summed E-state index contributed by atoms with van der Waals surface area (Å²) in [7, 11) is -3.94. The van der Waals surface area contributed by atoms with E-state index >= 15 is 0 Å². The highest BCUT2D eigenvalue weighted by atomic mass is 35.5. The van der Waals surface area contributed by atoms with E-state index in [1.54, 1.807) is 24.3 Å². The molecule has 8 heteroatoms. The number of carbonyl (C=O) groups is 1. The van der Waals surface area contributed by atoms with Gasteiger partial charge in [0.1, 0.15) is 0 Å². The quantitative estimate of drug-likeness (QED) is 0.507. The zero-order valence-electron chi connectivity index (χ0n) is 16.9. The molecule has 31 heavy (non-hydrogen) atoms. The molecule has 0 spiro atoms. The van der Waals surface area contributed by atoms with Gasteiger partial charge in [0.2, 0.25) is 15.9 Å². The molecule has 0 aliphatic carbocycles. The number of aryl methyl sites for hydroxylation is 1. The molecule has 1 N–H and O–H groups in total. The van der Waals surface area contributed by atoms with Crippen LogP contribution >= 0.6 is 23.2 Å². The van der Waals surface area contributed by atoms with Crippen molar-refractivity contribution in [3.8, 4) is 0 Å². The lowest BCUT2D eigenvalue weighted by Gasteiger charge is -2.22. The van der Waals surface area contributed by atoms with E-state index in [1.165, 1.54) is 24.3 Å². The van der Waals surface area contributed by atoms with Gasteiger partial charge in [0.25, 0.3) is 0 Å². The van der Waals surface area contributed by atoms with Crippen molar-refractivity contribution in [1.82, 2.24) is 9.62 Å². The van der Waals surface area contributed by atoms with Crippen LogP contribution < -0.4 is 5.32 Å². The van der Waals surface area contributed by atoms with Crippen LogP contribution in [0.4, 0.5) is 0 Å². The monoisotopic (exact) mass is 476 g/mol. The molecule has 3 aromatic carbocycles. The van der Waals surface area contributed by atoms with Crippen molar-refractivity contribution in [3.63, 3.8) is 0 Å². The van der Waals surface area contributed by atoms with Crippen LogP contribution in [-0.2, 0) is 27.9 Å². The van der Waals surface area contributed by atoms with Crippen LogP contribution in [0, 0.1) is 6.92 Å². The first-order valence-electron chi connectivity index (χ1n) is 9.56. The Morgan fingerprint density at radius 1 is 0.903 bits per heavy atom. The van der Waals surface area contributed by atoms with Gasteiger partial charge in [0.05, 0.1) is 11.4 Å². The predicted octanol–water partition coefficient (Wildman–Crippen LogP) is 4.81. The third-order valence-corrected chi connectivity index (χ3v) is 6.92. The summed E-state index contributed by atoms with van der Waals surface area (Å²) in [5.74, 6) is -0.403. The Labute approximate surface area is 192 Å². The maximum absolute atomic E-state index is 13.3. The third-order valence-electron chi connectivity index (χ3n) is 4.63. The predicted molar refractivity (Wildman–Crippen MR) is 124 cm³/mol. The highest BCUT2D eigenvalue weighted by Gasteiger charge is 2.27. The van der Waals surface area contributed by atoms with Crippen molar-refractivity contribution in [2.75, 3.05) is 6.54 Å². The molecule has 0 heterocycles. The minimum Gasteiger partial charge on any atom is -0.351 e. The molecule has 0 aromatic heterocycles. The topological polar surface area (TPSA) is 66.5 Å². The summed E-state index contributed by atoms with van der Waals surface area (Å²) in [5, 5.41) is 3.70. The van der Waals surface area contributed by atoms with Crippen molar-refractivity contribution < 1.29 is 13.2 Å². The Morgan fingerprint density at radius 3 is 2.23 bits per heavy atom. The summed E-state index contributed by atoms with van der Waals surface area (Å²) in [6.07, 6.45) is 0. The first-order valence-corrected chi connectivity index (χ1v) is 11.8. The molecule has 0 saturated carbocycles. The molecule has 3 aromatic rings. The van der Waals surface area contributed by atoms with Crippen molar-refractivity contribution >= 4 is 39.1 Å². The van der Waals surface area contributed by atoms with Crippen LogP contribution in [0.2, 0.25) is 10.0 Å². The normalized spacial score (nSPS) is 11.5. The fourth-order valence-electron chi connectivity index (χ4n) is 2.94. The van der Waals surface area contributed by atoms with E-state index in [1.807, 2.05) is 31.2 Å². The molecule has 0 fully saturated rings. The maximum atomic E-state index is 13.3. The van der Waals surface area contributed by atoms with E-state index in [9.17, 15) is 13.2 Å². The van der Waals surface area contributed by atoms with Crippen molar-refractivity contribution in [2.45, 2.75) is 24.9 Å². The summed E-state index contributed by atoms with van der Waals surface area (Å²) >= 11 is 11.9. The van der Waals surface area contributed by atoms with Gasteiger partial charge in [-0.1, -0.05) is 65.2 Å². The first kappa shape index (κ1) is 23.3. The molecule has 0 aliphatic heterocycles. The number of hydrogen-bond acceptors (Lipinski definition) is 3. The summed E-state index contributed by atoms with van der Waals surface area (Å²) in [4.78, 5) is 12.7. The van der Waals surface area contributed by atoms with Crippen molar-refractivity contribution in [3.05, 3.63) is 99.5 Å². The van der Waals surface area contributed by atoms with Crippen molar-refractivity contribution in [2.24, 2.45) is 0 Å². The maximum Gasteiger partial charge on any atom is 0.243 e. The number of carbonyl (C=O) groups excluding carboxylic acids is 1. The van der Waals surface area contributed by atoms with E-state index in [0.29, 0.717) is 22.2 Å². The summed E-state index contributed by atoms with van der Waals surface area (Å²) in [6, 6.07) is 20.5. The van der Waals surface area contributed by atoms with Crippen LogP contribution in [0.25, 0.3) is 0 Å². The van der Waals surface area contributed by atoms with Gasteiger partial charge in [-0.05, 0) is 54.4 Å². The van der Waals surface area contributed by atoms with Crippen LogP contribution in [0.15, 0.2) is 77.7 Å². The van der Waals surface area contributed by atoms with E-state index in [-0.39, 0.29) is 18.0 Å². The molecule has 0 saturated heterocycles. The fraction of sp³-hybridized carbons (Fsp3) is 0.174. The van der Waals surface area contributed by atoms with Crippen LogP contribution in [0.5, 0.6) is 0 Å². The van der Waals surface area contributed by atoms with Crippen LogP contribution in [0.3, 0.4) is 0 Å². The molecule has 0 atom stereocenters. The number of hydrogen-bond donors (Lipinski definition) is 1. The molecule has 3 rings (SSSR count). The van der Waals surface area contributed by atoms with Crippen LogP contribution in [0.1, 0.15) is 16.7 Å². The number of benzene rings is 3. The smallest absolute Gasteiger partial charge is 0.243 e. The standard InChI is InChI=1S/C23H22Cl2N2O3S/c1-17-5-7-18(8-6-17)14-26-23(28)16-27(15-19-3-2-4-21(25)13-19)31(29,30)22-11-9-20(24)10-12-22/h2-13H,14-16H2,1H3,(H,26,28). The number of rotatable bonds is 8. The number of sulfonamides is 1. The van der Waals surface area contributed by atoms with Gasteiger partial charge in [-0.15, -0.1) is 0 Å². The molecule has 1 amide bonds. The minimum atomic E-state index is -3.94. The Kier molecular flexibility index (Phi) is 7.73. The van der Waals surface area contributed by atoms with E-state index in [4.69, 9.17) is 23.2 Å². The fourth-order valence-corrected chi connectivity index (χ4v) is 4.67. The van der Waals surface area contributed by atoms with Gasteiger partial charge in [-0.2, -0.15) is 4.31 Å². The second-order valence-corrected chi connectivity index (χ2v) is 9.93. The molecule has 0 bridgehead atoms. The van der Waals surface area contributed by atoms with Gasteiger partial charge < -0.3 is 5.32 Å². The molecule has 0 aliphatic rings. The number of nitrogens with one attached hydrogen (secondary N) is 1. The Hall–Kier alpha value is -2.38. The van der Waals surface area contributed by atoms with Gasteiger partial charge in [0.15, 0.2) is 0 Å². The summed E-state index contributed by atoms with van der Waals surface area (Å²) in [5.41, 5.74) is 2.73. The van der Waals surface area contributed by atoms with Gasteiger partial charge >= 0.3 is 0 Å². The largest absolute Gasteiger partial charge is 0.351 e. The van der Waals surface area contributed by atoms with Gasteiger partial charge in [0, 0.05) is 23.1 Å². The minimum absolute atomic E-state index is 0.00344. The van der Waals surface area contributed by atoms with Gasteiger partial charge in [-0.3, -0.25) is 4.79 Å². The Balaban J connectivity index is 1.80. The number of halogens is 2. The molecule has 0 radical (unpaired) electrons. The van der Waals surface area contributed by atoms with E-state index < -0.39 is 15.9 Å². The number of amides is 1. The molecule has 162 valence electrons. The zero-order valence-corrected chi connectivity index (χ0v) is 19.2. The number of nitrogens with zero attached hydrogens (tertiary/aromatic N) is 1. The Bertz CT molecular complexity index is 1150. The summed E-state index contributed by atoms with van der Waals surface area (Å²) in [6.45, 7) is 1.97. The third kappa shape index (κ3) is 6.55. The molecular formula is C23H22Cl2N2O3S. The lowest BCUT2D eigenvalue weighted by Crippen LogP contribution is -2.40. The SMILES string of the molecule is Cc1ccc(CNC(=O)CN(Cc2cccc(Cl)c2)S(=O)(=O)c2ccc(Cl)cc2)cc1. The second-order valence-electron chi connectivity index (χ2n) is 7.12. The molecule has 0 unspecified atom stereocenters.